The molecule has 4 nitrogen and oxygen atoms in total. The fourth-order valence-electron chi connectivity index (χ4n) is 1.77. The van der Waals surface area contributed by atoms with Crippen molar-refractivity contribution in [3.63, 3.8) is 0 Å². The first-order valence-corrected chi connectivity index (χ1v) is 4.73. The molecule has 2 N–H and O–H groups in total. The first kappa shape index (κ1) is 10.5. The SMILES string of the molecule is CC(CC(=O)O)N1CCCC(O)C1. The van der Waals surface area contributed by atoms with Crippen LogP contribution in [-0.4, -0.2) is 46.3 Å². The van der Waals surface area contributed by atoms with Gasteiger partial charge in [0.2, 0.25) is 0 Å². The molecule has 0 spiro atoms. The van der Waals surface area contributed by atoms with Gasteiger partial charge in [-0.25, -0.2) is 0 Å². The number of aliphatic hydroxyl groups is 1. The van der Waals surface area contributed by atoms with Crippen molar-refractivity contribution >= 4 is 5.97 Å². The van der Waals surface area contributed by atoms with E-state index in [-0.39, 0.29) is 18.6 Å². The van der Waals surface area contributed by atoms with Gasteiger partial charge in [0.25, 0.3) is 0 Å². The van der Waals surface area contributed by atoms with E-state index in [0.29, 0.717) is 6.54 Å². The van der Waals surface area contributed by atoms with Crippen molar-refractivity contribution in [3.05, 3.63) is 0 Å². The molecule has 0 aliphatic carbocycles. The van der Waals surface area contributed by atoms with Gasteiger partial charge in [0.05, 0.1) is 12.5 Å². The van der Waals surface area contributed by atoms with Gasteiger partial charge in [-0.2, -0.15) is 0 Å². The molecular formula is C9H17NO3. The molecule has 1 aliphatic rings. The lowest BCUT2D eigenvalue weighted by atomic mass is 10.1. The van der Waals surface area contributed by atoms with Gasteiger partial charge in [0.15, 0.2) is 0 Å². The highest BCUT2D eigenvalue weighted by molar-refractivity contribution is 5.67. The van der Waals surface area contributed by atoms with Crippen LogP contribution in [0.4, 0.5) is 0 Å². The Balaban J connectivity index is 2.36. The van der Waals surface area contributed by atoms with Crippen molar-refractivity contribution in [2.45, 2.75) is 38.3 Å². The Morgan fingerprint density at radius 1 is 1.69 bits per heavy atom. The van der Waals surface area contributed by atoms with Crippen LogP contribution >= 0.6 is 0 Å². The Bertz CT molecular complexity index is 184. The number of piperidine rings is 1. The maximum atomic E-state index is 10.4. The minimum absolute atomic E-state index is 0.0347. The molecule has 1 heterocycles. The Hall–Kier alpha value is -0.610. The maximum Gasteiger partial charge on any atom is 0.304 e. The third-order valence-electron chi connectivity index (χ3n) is 2.52. The van der Waals surface area contributed by atoms with E-state index in [1.165, 1.54) is 0 Å². The summed E-state index contributed by atoms with van der Waals surface area (Å²) in [7, 11) is 0. The molecule has 0 aromatic heterocycles. The van der Waals surface area contributed by atoms with Crippen LogP contribution in [-0.2, 0) is 4.79 Å². The van der Waals surface area contributed by atoms with Gasteiger partial charge in [-0.1, -0.05) is 0 Å². The molecule has 2 unspecified atom stereocenters. The summed E-state index contributed by atoms with van der Waals surface area (Å²) < 4.78 is 0. The van der Waals surface area contributed by atoms with E-state index in [2.05, 4.69) is 0 Å². The van der Waals surface area contributed by atoms with Crippen LogP contribution in [0.5, 0.6) is 0 Å². The number of carboxylic acids is 1. The second-order valence-electron chi connectivity index (χ2n) is 3.74. The van der Waals surface area contributed by atoms with Crippen molar-refractivity contribution in [1.29, 1.82) is 0 Å². The standard InChI is InChI=1S/C9H17NO3/c1-7(5-9(12)13)10-4-2-3-8(11)6-10/h7-8,11H,2-6H2,1H3,(H,12,13). The minimum Gasteiger partial charge on any atom is -0.481 e. The predicted octanol–water partition coefficient (Wildman–Crippen LogP) is 0.306. The lowest BCUT2D eigenvalue weighted by molar-refractivity contribution is -0.138. The predicted molar refractivity (Wildman–Crippen MR) is 48.5 cm³/mol. The summed E-state index contributed by atoms with van der Waals surface area (Å²) in [4.78, 5) is 12.5. The van der Waals surface area contributed by atoms with E-state index < -0.39 is 5.97 Å². The van der Waals surface area contributed by atoms with Gasteiger partial charge in [0.1, 0.15) is 0 Å². The van der Waals surface area contributed by atoms with Gasteiger partial charge in [-0.05, 0) is 26.3 Å². The van der Waals surface area contributed by atoms with E-state index in [1.807, 2.05) is 11.8 Å². The van der Waals surface area contributed by atoms with Crippen molar-refractivity contribution in [2.75, 3.05) is 13.1 Å². The van der Waals surface area contributed by atoms with Gasteiger partial charge >= 0.3 is 5.97 Å². The van der Waals surface area contributed by atoms with Crippen molar-refractivity contribution < 1.29 is 15.0 Å². The van der Waals surface area contributed by atoms with E-state index >= 15 is 0 Å². The highest BCUT2D eigenvalue weighted by atomic mass is 16.4. The number of hydrogen-bond acceptors (Lipinski definition) is 3. The summed E-state index contributed by atoms with van der Waals surface area (Å²) in [5.41, 5.74) is 0. The number of aliphatic carboxylic acids is 1. The Morgan fingerprint density at radius 3 is 2.92 bits per heavy atom. The monoisotopic (exact) mass is 187 g/mol. The molecule has 0 amide bonds. The van der Waals surface area contributed by atoms with Crippen LogP contribution in [0.2, 0.25) is 0 Å². The lowest BCUT2D eigenvalue weighted by Gasteiger charge is -2.34. The molecule has 1 rings (SSSR count). The Kier molecular flexibility index (Phi) is 3.69. The van der Waals surface area contributed by atoms with Crippen LogP contribution in [0.1, 0.15) is 26.2 Å². The van der Waals surface area contributed by atoms with Crippen LogP contribution in [0.25, 0.3) is 0 Å². The average molecular weight is 187 g/mol. The second-order valence-corrected chi connectivity index (χ2v) is 3.74. The van der Waals surface area contributed by atoms with Crippen LogP contribution < -0.4 is 0 Å². The fraction of sp³-hybridized carbons (Fsp3) is 0.889. The van der Waals surface area contributed by atoms with Crippen molar-refractivity contribution in [3.8, 4) is 0 Å². The first-order valence-electron chi connectivity index (χ1n) is 4.73. The lowest BCUT2D eigenvalue weighted by Crippen LogP contribution is -2.44. The summed E-state index contributed by atoms with van der Waals surface area (Å²) in [5, 5.41) is 18.0. The molecule has 2 atom stereocenters. The minimum atomic E-state index is -0.771. The molecule has 1 saturated heterocycles. The molecule has 13 heavy (non-hydrogen) atoms. The average Bonchev–Trinajstić information content (AvgIpc) is 2.03. The van der Waals surface area contributed by atoms with Gasteiger partial charge < -0.3 is 10.2 Å². The molecule has 4 heteroatoms. The zero-order valence-electron chi connectivity index (χ0n) is 7.94. The normalized spacial score (nSPS) is 27.1. The number of β-amino-alcohol motifs (C(OH)–C–C–N with tert-alkyl or cyclic N) is 1. The van der Waals surface area contributed by atoms with Gasteiger partial charge in [-0.3, -0.25) is 9.69 Å². The van der Waals surface area contributed by atoms with Crippen LogP contribution in [0.3, 0.4) is 0 Å². The number of hydrogen-bond donors (Lipinski definition) is 2. The molecule has 1 aliphatic heterocycles. The number of aliphatic hydroxyl groups excluding tert-OH is 1. The Morgan fingerprint density at radius 2 is 2.38 bits per heavy atom. The Labute approximate surface area is 78.2 Å². The van der Waals surface area contributed by atoms with E-state index in [0.717, 1.165) is 19.4 Å². The molecule has 0 radical (unpaired) electrons. The third kappa shape index (κ3) is 3.32. The number of carboxylic acid groups (broad SMARTS) is 1. The zero-order chi connectivity index (χ0) is 9.84. The number of likely N-dealkylation sites (tertiary alicyclic amines) is 1. The van der Waals surface area contributed by atoms with Gasteiger partial charge in [0, 0.05) is 12.6 Å². The molecule has 76 valence electrons. The summed E-state index contributed by atoms with van der Waals surface area (Å²) in [6, 6.07) is 0.0347. The quantitative estimate of drug-likeness (QED) is 0.667. The molecule has 0 aromatic rings. The van der Waals surface area contributed by atoms with Crippen LogP contribution in [0, 0.1) is 0 Å². The zero-order valence-corrected chi connectivity index (χ0v) is 7.94. The smallest absolute Gasteiger partial charge is 0.304 e. The van der Waals surface area contributed by atoms with Gasteiger partial charge in [-0.15, -0.1) is 0 Å². The van der Waals surface area contributed by atoms with Crippen molar-refractivity contribution in [1.82, 2.24) is 4.90 Å². The summed E-state index contributed by atoms with van der Waals surface area (Å²) in [6.45, 7) is 3.42. The van der Waals surface area contributed by atoms with E-state index in [4.69, 9.17) is 5.11 Å². The largest absolute Gasteiger partial charge is 0.481 e. The van der Waals surface area contributed by atoms with Crippen molar-refractivity contribution in [2.24, 2.45) is 0 Å². The van der Waals surface area contributed by atoms with Crippen LogP contribution in [0.15, 0.2) is 0 Å². The molecule has 0 saturated carbocycles. The van der Waals surface area contributed by atoms with E-state index in [1.54, 1.807) is 0 Å². The maximum absolute atomic E-state index is 10.4. The number of carbonyl (C=O) groups is 1. The van der Waals surface area contributed by atoms with E-state index in [9.17, 15) is 9.90 Å². The number of nitrogens with zero attached hydrogens (tertiary/aromatic N) is 1. The highest BCUT2D eigenvalue weighted by Gasteiger charge is 2.23. The fourth-order valence-corrected chi connectivity index (χ4v) is 1.77. The third-order valence-corrected chi connectivity index (χ3v) is 2.52. The summed E-state index contributed by atoms with van der Waals surface area (Å²) >= 11 is 0. The molecule has 1 fully saturated rings. The molecule has 0 bridgehead atoms. The summed E-state index contributed by atoms with van der Waals surface area (Å²) in [6.07, 6.45) is 1.69. The highest BCUT2D eigenvalue weighted by Crippen LogP contribution is 2.14. The summed E-state index contributed by atoms with van der Waals surface area (Å²) in [5.74, 6) is -0.771. The molecule has 0 aromatic carbocycles. The second kappa shape index (κ2) is 4.58. The molecular weight excluding hydrogens is 170 g/mol. The topological polar surface area (TPSA) is 60.8 Å². The number of rotatable bonds is 3. The first-order chi connectivity index (χ1) is 6.09.